The van der Waals surface area contributed by atoms with E-state index in [0.717, 1.165) is 4.90 Å². The molecule has 132 valence electrons. The summed E-state index contributed by atoms with van der Waals surface area (Å²) in [6.45, 7) is 1.45. The van der Waals surface area contributed by atoms with Crippen molar-refractivity contribution in [2.75, 3.05) is 0 Å². The summed E-state index contributed by atoms with van der Waals surface area (Å²) in [7, 11) is 0. The molecule has 0 bridgehead atoms. The third-order valence-corrected chi connectivity index (χ3v) is 4.40. The van der Waals surface area contributed by atoms with E-state index in [-0.39, 0.29) is 12.4 Å². The van der Waals surface area contributed by atoms with Gasteiger partial charge >= 0.3 is 6.03 Å². The van der Waals surface area contributed by atoms with Gasteiger partial charge in [0.1, 0.15) is 12.3 Å². The number of hydrogen-bond donors (Lipinski definition) is 1. The monoisotopic (exact) mass is 372 g/mol. The highest BCUT2D eigenvalue weighted by Gasteiger charge is 2.51. The highest BCUT2D eigenvalue weighted by Crippen LogP contribution is 2.30. The number of hydrogen-bond acceptors (Lipinski definition) is 6. The summed E-state index contributed by atoms with van der Waals surface area (Å²) in [4.78, 5) is 30.2. The lowest BCUT2D eigenvalue weighted by Gasteiger charge is -2.18. The minimum absolute atomic E-state index is 0.137. The molecule has 1 aliphatic heterocycles. The predicted molar refractivity (Wildman–Crippen MR) is 89.9 cm³/mol. The van der Waals surface area contributed by atoms with Gasteiger partial charge in [0.25, 0.3) is 5.91 Å². The second-order valence-electron chi connectivity index (χ2n) is 5.94. The zero-order chi connectivity index (χ0) is 18.3. The number of benzene rings is 1. The Morgan fingerprint density at radius 1 is 1.23 bits per heavy atom. The van der Waals surface area contributed by atoms with Crippen LogP contribution in [0.4, 0.5) is 4.79 Å². The Kier molecular flexibility index (Phi) is 3.77. The van der Waals surface area contributed by atoms with Crippen LogP contribution in [-0.2, 0) is 16.9 Å². The highest BCUT2D eigenvalue weighted by molar-refractivity contribution is 6.30. The van der Waals surface area contributed by atoms with Crippen molar-refractivity contribution in [3.63, 3.8) is 0 Å². The van der Waals surface area contributed by atoms with Crippen LogP contribution in [0.2, 0.25) is 5.02 Å². The van der Waals surface area contributed by atoms with Crippen molar-refractivity contribution in [3.05, 3.63) is 59.3 Å². The maximum Gasteiger partial charge on any atom is 0.325 e. The first kappa shape index (κ1) is 16.3. The minimum atomic E-state index is -1.26. The number of halogens is 1. The fourth-order valence-corrected chi connectivity index (χ4v) is 2.87. The SMILES string of the molecule is CC1(c2ccco2)NC(=O)N(Cc2nc(-c3ccc(Cl)cc3)no2)C1=O. The number of aromatic nitrogens is 2. The third-order valence-electron chi connectivity index (χ3n) is 4.15. The molecule has 1 fully saturated rings. The molecule has 1 unspecified atom stereocenters. The molecule has 3 aromatic rings. The Labute approximate surface area is 152 Å². The lowest BCUT2D eigenvalue weighted by atomic mass is 9.99. The van der Waals surface area contributed by atoms with Crippen LogP contribution in [0.1, 0.15) is 18.6 Å². The molecule has 1 atom stereocenters. The predicted octanol–water partition coefficient (Wildman–Crippen LogP) is 2.95. The molecular formula is C17H13ClN4O4. The molecule has 1 N–H and O–H groups in total. The molecule has 1 aromatic carbocycles. The van der Waals surface area contributed by atoms with Crippen LogP contribution >= 0.6 is 11.6 Å². The minimum Gasteiger partial charge on any atom is -0.466 e. The molecule has 9 heteroatoms. The summed E-state index contributed by atoms with van der Waals surface area (Å²) in [5.74, 6) is 0.383. The van der Waals surface area contributed by atoms with Crippen LogP contribution in [0, 0.1) is 0 Å². The molecule has 1 saturated heterocycles. The summed E-state index contributed by atoms with van der Waals surface area (Å²) in [6.07, 6.45) is 1.44. The van der Waals surface area contributed by atoms with Gasteiger partial charge in [0.05, 0.1) is 6.26 Å². The van der Waals surface area contributed by atoms with Crippen LogP contribution in [-0.4, -0.2) is 27.0 Å². The Balaban J connectivity index is 1.55. The molecule has 0 saturated carbocycles. The Morgan fingerprint density at radius 3 is 2.69 bits per heavy atom. The highest BCUT2D eigenvalue weighted by atomic mass is 35.5. The number of rotatable bonds is 4. The fraction of sp³-hybridized carbons (Fsp3) is 0.176. The van der Waals surface area contributed by atoms with Gasteiger partial charge in [-0.15, -0.1) is 0 Å². The maximum atomic E-state index is 12.7. The molecule has 0 radical (unpaired) electrons. The van der Waals surface area contributed by atoms with Crippen molar-refractivity contribution in [2.45, 2.75) is 19.0 Å². The zero-order valence-corrected chi connectivity index (χ0v) is 14.4. The van der Waals surface area contributed by atoms with Crippen molar-refractivity contribution in [1.82, 2.24) is 20.4 Å². The van der Waals surface area contributed by atoms with Crippen LogP contribution in [0.25, 0.3) is 11.4 Å². The molecule has 8 nitrogen and oxygen atoms in total. The lowest BCUT2D eigenvalue weighted by molar-refractivity contribution is -0.132. The van der Waals surface area contributed by atoms with Crippen molar-refractivity contribution < 1.29 is 18.5 Å². The van der Waals surface area contributed by atoms with Crippen LogP contribution in [0.3, 0.4) is 0 Å². The quantitative estimate of drug-likeness (QED) is 0.706. The molecular weight excluding hydrogens is 360 g/mol. The molecule has 4 rings (SSSR count). The van der Waals surface area contributed by atoms with Crippen LogP contribution in [0.5, 0.6) is 0 Å². The van der Waals surface area contributed by atoms with E-state index in [1.807, 2.05) is 0 Å². The number of amides is 3. The van der Waals surface area contributed by atoms with Gasteiger partial charge in [-0.3, -0.25) is 9.69 Å². The van der Waals surface area contributed by atoms with Gasteiger partial charge in [0.2, 0.25) is 11.7 Å². The van der Waals surface area contributed by atoms with E-state index in [4.69, 9.17) is 20.5 Å². The Bertz CT molecular complexity index is 967. The average Bonchev–Trinajstić information content (AvgIpc) is 3.34. The number of nitrogens with one attached hydrogen (secondary N) is 1. The van der Waals surface area contributed by atoms with Gasteiger partial charge in [-0.1, -0.05) is 16.8 Å². The average molecular weight is 373 g/mol. The number of urea groups is 1. The van der Waals surface area contributed by atoms with Crippen LogP contribution < -0.4 is 5.32 Å². The van der Waals surface area contributed by atoms with Crippen molar-refractivity contribution in [1.29, 1.82) is 0 Å². The van der Waals surface area contributed by atoms with E-state index in [1.54, 1.807) is 43.3 Å². The standard InChI is InChI=1S/C17H13ClN4O4/c1-17(12-3-2-8-25-12)15(23)22(16(24)20-17)9-13-19-14(21-26-13)10-4-6-11(18)7-5-10/h2-8H,9H2,1H3,(H,20,24). The second-order valence-corrected chi connectivity index (χ2v) is 6.38. The van der Waals surface area contributed by atoms with Gasteiger partial charge < -0.3 is 14.3 Å². The molecule has 1 aliphatic rings. The summed E-state index contributed by atoms with van der Waals surface area (Å²) in [6, 6.07) is 9.64. The van der Waals surface area contributed by atoms with Gasteiger partial charge in [-0.25, -0.2) is 4.79 Å². The van der Waals surface area contributed by atoms with E-state index in [2.05, 4.69) is 15.5 Å². The summed E-state index contributed by atoms with van der Waals surface area (Å²) in [5, 5.41) is 7.11. The normalized spacial score (nSPS) is 19.8. The van der Waals surface area contributed by atoms with Crippen molar-refractivity contribution >= 4 is 23.5 Å². The van der Waals surface area contributed by atoms with Crippen LogP contribution in [0.15, 0.2) is 51.6 Å². The zero-order valence-electron chi connectivity index (χ0n) is 13.6. The first-order valence-electron chi connectivity index (χ1n) is 7.74. The second kappa shape index (κ2) is 5.99. The molecule has 2 aromatic heterocycles. The number of nitrogens with zero attached hydrogens (tertiary/aromatic N) is 3. The van der Waals surface area contributed by atoms with E-state index >= 15 is 0 Å². The van der Waals surface area contributed by atoms with E-state index < -0.39 is 17.5 Å². The summed E-state index contributed by atoms with van der Waals surface area (Å²) >= 11 is 5.86. The van der Waals surface area contributed by atoms with E-state index in [0.29, 0.717) is 22.2 Å². The van der Waals surface area contributed by atoms with E-state index in [9.17, 15) is 9.59 Å². The topological polar surface area (TPSA) is 101 Å². The Hall–Kier alpha value is -3.13. The fourth-order valence-electron chi connectivity index (χ4n) is 2.74. The third kappa shape index (κ3) is 2.64. The number of carbonyl (C=O) groups excluding carboxylic acids is 2. The van der Waals surface area contributed by atoms with Crippen molar-refractivity contribution in [3.8, 4) is 11.4 Å². The van der Waals surface area contributed by atoms with Gasteiger partial charge in [0.15, 0.2) is 5.54 Å². The van der Waals surface area contributed by atoms with Gasteiger partial charge in [0, 0.05) is 10.6 Å². The van der Waals surface area contributed by atoms with E-state index in [1.165, 1.54) is 6.26 Å². The maximum absolute atomic E-state index is 12.7. The summed E-state index contributed by atoms with van der Waals surface area (Å²) in [5.41, 5.74) is -0.554. The smallest absolute Gasteiger partial charge is 0.325 e. The first-order chi connectivity index (χ1) is 12.5. The molecule has 0 spiro atoms. The number of carbonyl (C=O) groups is 2. The molecule has 3 amide bonds. The molecule has 0 aliphatic carbocycles. The lowest BCUT2D eigenvalue weighted by Crippen LogP contribution is -2.40. The summed E-state index contributed by atoms with van der Waals surface area (Å²) < 4.78 is 10.5. The first-order valence-corrected chi connectivity index (χ1v) is 8.12. The van der Waals surface area contributed by atoms with Crippen molar-refractivity contribution in [2.24, 2.45) is 0 Å². The molecule has 26 heavy (non-hydrogen) atoms. The molecule has 3 heterocycles. The van der Waals surface area contributed by atoms with Gasteiger partial charge in [-0.2, -0.15) is 4.98 Å². The Morgan fingerprint density at radius 2 is 2.00 bits per heavy atom. The number of imide groups is 1. The van der Waals surface area contributed by atoms with Gasteiger partial charge in [-0.05, 0) is 43.3 Å². The largest absolute Gasteiger partial charge is 0.466 e. The number of furan rings is 1.